The van der Waals surface area contributed by atoms with Crippen LogP contribution >= 0.6 is 0 Å². The highest BCUT2D eigenvalue weighted by atomic mass is 19.4. The summed E-state index contributed by atoms with van der Waals surface area (Å²) in [6.07, 6.45) is 5.02. The van der Waals surface area contributed by atoms with Crippen LogP contribution in [0.25, 0.3) is 0 Å². The first-order valence-electron chi connectivity index (χ1n) is 11.0. The summed E-state index contributed by atoms with van der Waals surface area (Å²) in [6, 6.07) is 12.9. The lowest BCUT2D eigenvalue weighted by molar-refractivity contribution is -0.138. The lowest BCUT2D eigenvalue weighted by atomic mass is 9.82. The Bertz CT molecular complexity index is 993. The Morgan fingerprint density at radius 1 is 1.03 bits per heavy atom. The van der Waals surface area contributed by atoms with Gasteiger partial charge in [-0.05, 0) is 36.5 Å². The van der Waals surface area contributed by atoms with Gasteiger partial charge in [-0.15, -0.1) is 6.42 Å². The second kappa shape index (κ2) is 11.0. The van der Waals surface area contributed by atoms with E-state index in [4.69, 9.17) is 6.42 Å². The van der Waals surface area contributed by atoms with Gasteiger partial charge in [0.05, 0.1) is 17.7 Å². The first kappa shape index (κ1) is 24.4. The van der Waals surface area contributed by atoms with Crippen LogP contribution in [0.1, 0.15) is 53.6 Å². The number of nitrogens with zero attached hydrogens (tertiary/aromatic N) is 1. The molecule has 4 nitrogen and oxygen atoms in total. The average molecular weight is 457 g/mol. The molecular formula is C26H27F3N2O2. The molecule has 2 aromatic carbocycles. The Labute approximate surface area is 192 Å². The van der Waals surface area contributed by atoms with Gasteiger partial charge in [-0.25, -0.2) is 0 Å². The fraction of sp³-hybridized carbons (Fsp3) is 0.385. The van der Waals surface area contributed by atoms with Gasteiger partial charge in [0, 0.05) is 6.54 Å². The molecule has 1 saturated carbocycles. The van der Waals surface area contributed by atoms with Crippen molar-refractivity contribution in [2.45, 2.75) is 50.9 Å². The predicted octanol–water partition coefficient (Wildman–Crippen LogP) is 5.05. The Balaban J connectivity index is 1.94. The van der Waals surface area contributed by atoms with Crippen LogP contribution < -0.4 is 5.32 Å². The number of carbonyl (C=O) groups is 2. The molecule has 0 spiro atoms. The molecule has 174 valence electrons. The molecule has 1 fully saturated rings. The standard InChI is InChI=1S/C26H27F3N2O2/c1-2-17-31(25(33)21-15-9-10-16-22(21)26(27,28)29)23(20-13-7-4-8-14-20)24(32)30-18-19-11-5-3-6-12-19/h1,3,5-6,9-12,15-16,20,23H,4,7-8,13-14,17-18H2,(H,30,32). The molecule has 0 aliphatic heterocycles. The van der Waals surface area contributed by atoms with E-state index >= 15 is 0 Å². The highest BCUT2D eigenvalue weighted by molar-refractivity contribution is 5.99. The van der Waals surface area contributed by atoms with E-state index in [2.05, 4.69) is 11.2 Å². The molecule has 1 N–H and O–H groups in total. The van der Waals surface area contributed by atoms with Gasteiger partial charge in [0.1, 0.15) is 6.04 Å². The smallest absolute Gasteiger partial charge is 0.350 e. The highest BCUT2D eigenvalue weighted by Crippen LogP contribution is 2.34. The van der Waals surface area contributed by atoms with E-state index in [1.54, 1.807) is 0 Å². The van der Waals surface area contributed by atoms with Crippen LogP contribution in [-0.4, -0.2) is 29.3 Å². The molecule has 0 bridgehead atoms. The van der Waals surface area contributed by atoms with Gasteiger partial charge in [0.25, 0.3) is 5.91 Å². The van der Waals surface area contributed by atoms with Crippen molar-refractivity contribution in [1.29, 1.82) is 0 Å². The van der Waals surface area contributed by atoms with Crippen LogP contribution in [0.5, 0.6) is 0 Å². The SMILES string of the molecule is C#CCN(C(=O)c1ccccc1C(F)(F)F)C(C(=O)NCc1ccccc1)C1CCCCC1. The number of hydrogen-bond acceptors (Lipinski definition) is 2. The second-order valence-corrected chi connectivity index (χ2v) is 8.23. The minimum Gasteiger partial charge on any atom is -0.350 e. The van der Waals surface area contributed by atoms with Crippen LogP contribution in [-0.2, 0) is 17.5 Å². The van der Waals surface area contributed by atoms with Gasteiger partial charge in [-0.3, -0.25) is 9.59 Å². The minimum atomic E-state index is -4.70. The maximum atomic E-state index is 13.6. The lowest BCUT2D eigenvalue weighted by Gasteiger charge is -2.37. The van der Waals surface area contributed by atoms with E-state index in [0.29, 0.717) is 12.8 Å². The van der Waals surface area contributed by atoms with Crippen molar-refractivity contribution < 1.29 is 22.8 Å². The van der Waals surface area contributed by atoms with Crippen molar-refractivity contribution in [2.24, 2.45) is 5.92 Å². The number of nitrogens with one attached hydrogen (secondary N) is 1. The number of benzene rings is 2. The van der Waals surface area contributed by atoms with E-state index in [0.717, 1.165) is 41.9 Å². The zero-order valence-corrected chi connectivity index (χ0v) is 18.3. The Morgan fingerprint density at radius 3 is 2.30 bits per heavy atom. The van der Waals surface area contributed by atoms with Crippen molar-refractivity contribution in [3.8, 4) is 12.3 Å². The second-order valence-electron chi connectivity index (χ2n) is 8.23. The van der Waals surface area contributed by atoms with E-state index in [9.17, 15) is 22.8 Å². The molecule has 2 aromatic rings. The molecule has 33 heavy (non-hydrogen) atoms. The van der Waals surface area contributed by atoms with E-state index in [1.165, 1.54) is 12.1 Å². The zero-order chi connectivity index (χ0) is 23.8. The number of amides is 2. The van der Waals surface area contributed by atoms with Crippen LogP contribution in [0.15, 0.2) is 54.6 Å². The largest absolute Gasteiger partial charge is 0.417 e. The van der Waals surface area contributed by atoms with Gasteiger partial charge >= 0.3 is 6.18 Å². The average Bonchev–Trinajstić information content (AvgIpc) is 2.83. The minimum absolute atomic E-state index is 0.176. The quantitative estimate of drug-likeness (QED) is 0.593. The summed E-state index contributed by atoms with van der Waals surface area (Å²) in [6.45, 7) is -0.00887. The van der Waals surface area contributed by atoms with Gasteiger partial charge < -0.3 is 10.2 Å². The van der Waals surface area contributed by atoms with E-state index < -0.39 is 35.2 Å². The van der Waals surface area contributed by atoms with Gasteiger partial charge in [-0.1, -0.05) is 67.6 Å². The van der Waals surface area contributed by atoms with E-state index in [-0.39, 0.29) is 19.0 Å². The van der Waals surface area contributed by atoms with Crippen LogP contribution in [0.4, 0.5) is 13.2 Å². The Morgan fingerprint density at radius 2 is 1.67 bits per heavy atom. The molecule has 0 radical (unpaired) electrons. The first-order chi connectivity index (χ1) is 15.8. The number of halogens is 3. The Hall–Kier alpha value is -3.27. The fourth-order valence-corrected chi connectivity index (χ4v) is 4.42. The normalized spacial score (nSPS) is 15.3. The molecule has 1 atom stereocenters. The summed E-state index contributed by atoms with van der Waals surface area (Å²) < 4.78 is 40.8. The summed E-state index contributed by atoms with van der Waals surface area (Å²) in [5.41, 5.74) is -0.661. The van der Waals surface area contributed by atoms with Crippen molar-refractivity contribution in [3.63, 3.8) is 0 Å². The van der Waals surface area contributed by atoms with Crippen molar-refractivity contribution in [1.82, 2.24) is 10.2 Å². The van der Waals surface area contributed by atoms with Gasteiger partial charge in [-0.2, -0.15) is 13.2 Å². The van der Waals surface area contributed by atoms with Gasteiger partial charge in [0.15, 0.2) is 0 Å². The van der Waals surface area contributed by atoms with Crippen molar-refractivity contribution in [2.75, 3.05) is 6.54 Å². The lowest BCUT2D eigenvalue weighted by Crippen LogP contribution is -2.54. The molecular weight excluding hydrogens is 429 g/mol. The van der Waals surface area contributed by atoms with Crippen molar-refractivity contribution >= 4 is 11.8 Å². The van der Waals surface area contributed by atoms with Crippen LogP contribution in [0, 0.1) is 18.3 Å². The molecule has 0 aromatic heterocycles. The zero-order valence-electron chi connectivity index (χ0n) is 18.3. The molecule has 3 rings (SSSR count). The van der Waals surface area contributed by atoms with Crippen molar-refractivity contribution in [3.05, 3.63) is 71.3 Å². The third kappa shape index (κ3) is 6.16. The number of hydrogen-bond donors (Lipinski definition) is 1. The van der Waals surface area contributed by atoms with Gasteiger partial charge in [0.2, 0.25) is 5.91 Å². The summed E-state index contributed by atoms with van der Waals surface area (Å²) in [5.74, 6) is 0.906. The van der Waals surface area contributed by atoms with Crippen LogP contribution in [0.3, 0.4) is 0 Å². The van der Waals surface area contributed by atoms with Crippen LogP contribution in [0.2, 0.25) is 0 Å². The maximum absolute atomic E-state index is 13.6. The van der Waals surface area contributed by atoms with E-state index in [1.807, 2.05) is 30.3 Å². The molecule has 7 heteroatoms. The Kier molecular flexibility index (Phi) is 8.16. The molecule has 0 heterocycles. The molecule has 2 amide bonds. The number of carbonyl (C=O) groups excluding carboxylic acids is 2. The third-order valence-electron chi connectivity index (χ3n) is 6.00. The summed E-state index contributed by atoms with van der Waals surface area (Å²) in [5, 5.41) is 2.86. The number of alkyl halides is 3. The fourth-order valence-electron chi connectivity index (χ4n) is 4.42. The maximum Gasteiger partial charge on any atom is 0.417 e. The summed E-state index contributed by atoms with van der Waals surface area (Å²) in [4.78, 5) is 27.9. The molecule has 0 saturated heterocycles. The summed E-state index contributed by atoms with van der Waals surface area (Å²) >= 11 is 0. The highest BCUT2D eigenvalue weighted by Gasteiger charge is 2.40. The number of rotatable bonds is 7. The first-order valence-corrected chi connectivity index (χ1v) is 11.0. The number of terminal acetylenes is 1. The molecule has 1 unspecified atom stereocenters. The monoisotopic (exact) mass is 456 g/mol. The molecule has 1 aliphatic rings. The third-order valence-corrected chi connectivity index (χ3v) is 6.00. The molecule has 1 aliphatic carbocycles. The summed E-state index contributed by atoms with van der Waals surface area (Å²) in [7, 11) is 0. The topological polar surface area (TPSA) is 49.4 Å². The predicted molar refractivity (Wildman–Crippen MR) is 120 cm³/mol.